The molecule has 1 aliphatic heterocycles. The minimum Gasteiger partial charge on any atom is -0.309 e. The van der Waals surface area contributed by atoms with Gasteiger partial charge in [0.15, 0.2) is 9.84 Å². The minimum atomic E-state index is -2.94. The number of sulfone groups is 1. The lowest BCUT2D eigenvalue weighted by atomic mass is 10.2. The van der Waals surface area contributed by atoms with E-state index in [1.54, 1.807) is 12.2 Å². The van der Waals surface area contributed by atoms with Crippen molar-refractivity contribution in [3.63, 3.8) is 0 Å². The van der Waals surface area contributed by atoms with E-state index in [1.165, 1.54) is 5.41 Å². The van der Waals surface area contributed by atoms with Crippen LogP contribution in [0.1, 0.15) is 6.42 Å². The number of nitrogens with one attached hydrogen (secondary N) is 1. The standard InChI is InChI=1S/C8H13NO2S/c1-2-5-9-8-4-3-6-12(10,11)7-8/h2-3,6,8-9H,1,4-5,7H2. The zero-order valence-corrected chi connectivity index (χ0v) is 7.68. The van der Waals surface area contributed by atoms with E-state index in [9.17, 15) is 8.42 Å². The first-order valence-electron chi connectivity index (χ1n) is 3.87. The van der Waals surface area contributed by atoms with E-state index in [2.05, 4.69) is 11.9 Å². The smallest absolute Gasteiger partial charge is 0.172 e. The highest BCUT2D eigenvalue weighted by atomic mass is 32.2. The quantitative estimate of drug-likeness (QED) is 0.653. The van der Waals surface area contributed by atoms with Crippen molar-refractivity contribution >= 4 is 9.84 Å². The molecule has 0 aromatic heterocycles. The summed E-state index contributed by atoms with van der Waals surface area (Å²) in [4.78, 5) is 0. The molecule has 0 aliphatic carbocycles. The SMILES string of the molecule is C=CCNC1CC=CS(=O)(=O)C1. The molecule has 68 valence electrons. The summed E-state index contributed by atoms with van der Waals surface area (Å²) >= 11 is 0. The Balaban J connectivity index is 2.51. The van der Waals surface area contributed by atoms with Crippen molar-refractivity contribution in [2.24, 2.45) is 0 Å². The van der Waals surface area contributed by atoms with Gasteiger partial charge in [0.2, 0.25) is 0 Å². The Morgan fingerprint density at radius 1 is 1.67 bits per heavy atom. The highest BCUT2D eigenvalue weighted by Gasteiger charge is 2.18. The molecule has 0 radical (unpaired) electrons. The van der Waals surface area contributed by atoms with Crippen LogP contribution in [0.15, 0.2) is 24.1 Å². The molecule has 0 spiro atoms. The van der Waals surface area contributed by atoms with E-state index < -0.39 is 9.84 Å². The summed E-state index contributed by atoms with van der Waals surface area (Å²) in [5, 5.41) is 4.37. The minimum absolute atomic E-state index is 0.0537. The number of rotatable bonds is 3. The van der Waals surface area contributed by atoms with Gasteiger partial charge >= 0.3 is 0 Å². The molecule has 0 aromatic carbocycles. The lowest BCUT2D eigenvalue weighted by Gasteiger charge is -2.18. The first-order valence-corrected chi connectivity index (χ1v) is 5.59. The molecule has 3 nitrogen and oxygen atoms in total. The summed E-state index contributed by atoms with van der Waals surface area (Å²) in [5.74, 6) is 0.206. The third kappa shape index (κ3) is 2.79. The Labute approximate surface area is 73.1 Å². The molecule has 1 aliphatic rings. The molecular weight excluding hydrogens is 174 g/mol. The average Bonchev–Trinajstić information content (AvgIpc) is 1.99. The molecule has 0 amide bonds. The maximum absolute atomic E-state index is 11.1. The Morgan fingerprint density at radius 2 is 2.42 bits per heavy atom. The highest BCUT2D eigenvalue weighted by molar-refractivity contribution is 7.94. The van der Waals surface area contributed by atoms with Crippen molar-refractivity contribution in [3.05, 3.63) is 24.1 Å². The normalized spacial score (nSPS) is 26.8. The van der Waals surface area contributed by atoms with Crippen LogP contribution in [0.3, 0.4) is 0 Å². The zero-order chi connectivity index (χ0) is 9.03. The molecule has 12 heavy (non-hydrogen) atoms. The van der Waals surface area contributed by atoms with Crippen molar-refractivity contribution in [3.8, 4) is 0 Å². The van der Waals surface area contributed by atoms with Crippen molar-refractivity contribution < 1.29 is 8.42 Å². The van der Waals surface area contributed by atoms with Gasteiger partial charge in [-0.15, -0.1) is 6.58 Å². The summed E-state index contributed by atoms with van der Waals surface area (Å²) < 4.78 is 22.1. The van der Waals surface area contributed by atoms with Crippen LogP contribution < -0.4 is 5.32 Å². The van der Waals surface area contributed by atoms with Gasteiger partial charge in [0.1, 0.15) is 0 Å². The third-order valence-electron chi connectivity index (χ3n) is 1.71. The van der Waals surface area contributed by atoms with Crippen LogP contribution in [0.5, 0.6) is 0 Å². The van der Waals surface area contributed by atoms with Gasteiger partial charge in [-0.05, 0) is 6.42 Å². The topological polar surface area (TPSA) is 46.2 Å². The van der Waals surface area contributed by atoms with Crippen molar-refractivity contribution in [2.75, 3.05) is 12.3 Å². The fraction of sp³-hybridized carbons (Fsp3) is 0.500. The van der Waals surface area contributed by atoms with E-state index >= 15 is 0 Å². The lowest BCUT2D eigenvalue weighted by molar-refractivity contribution is 0.554. The van der Waals surface area contributed by atoms with Crippen LogP contribution in [-0.2, 0) is 9.84 Å². The number of hydrogen-bond acceptors (Lipinski definition) is 3. The van der Waals surface area contributed by atoms with Gasteiger partial charge < -0.3 is 5.32 Å². The average molecular weight is 187 g/mol. The summed E-state index contributed by atoms with van der Waals surface area (Å²) in [6.07, 6.45) is 4.21. The first-order chi connectivity index (χ1) is 5.64. The van der Waals surface area contributed by atoms with Crippen LogP contribution >= 0.6 is 0 Å². The molecule has 0 saturated carbocycles. The summed E-state index contributed by atoms with van der Waals surface area (Å²) in [6, 6.07) is 0.0537. The van der Waals surface area contributed by atoms with E-state index in [0.717, 1.165) is 6.42 Å². The molecule has 1 atom stereocenters. The van der Waals surface area contributed by atoms with Crippen molar-refractivity contribution in [2.45, 2.75) is 12.5 Å². The summed E-state index contributed by atoms with van der Waals surface area (Å²) in [6.45, 7) is 4.21. The highest BCUT2D eigenvalue weighted by Crippen LogP contribution is 2.08. The van der Waals surface area contributed by atoms with Crippen LogP contribution in [0.25, 0.3) is 0 Å². The fourth-order valence-corrected chi connectivity index (χ4v) is 2.49. The molecule has 1 N–H and O–H groups in total. The number of hydrogen-bond donors (Lipinski definition) is 1. The maximum Gasteiger partial charge on any atom is 0.172 e. The maximum atomic E-state index is 11.1. The van der Waals surface area contributed by atoms with Gasteiger partial charge in [0.05, 0.1) is 5.75 Å². The molecule has 0 aromatic rings. The van der Waals surface area contributed by atoms with Crippen LogP contribution in [0.2, 0.25) is 0 Å². The monoisotopic (exact) mass is 187 g/mol. The summed E-state index contributed by atoms with van der Waals surface area (Å²) in [5.41, 5.74) is 0. The second-order valence-electron chi connectivity index (χ2n) is 2.83. The van der Waals surface area contributed by atoms with Crippen molar-refractivity contribution in [1.82, 2.24) is 5.32 Å². The predicted molar refractivity (Wildman–Crippen MR) is 49.5 cm³/mol. The Bertz CT molecular complexity index is 279. The molecule has 4 heteroatoms. The van der Waals surface area contributed by atoms with Crippen LogP contribution in [-0.4, -0.2) is 26.8 Å². The second kappa shape index (κ2) is 3.87. The van der Waals surface area contributed by atoms with E-state index in [4.69, 9.17) is 0 Å². The lowest BCUT2D eigenvalue weighted by Crippen LogP contribution is -2.36. The predicted octanol–water partition coefficient (Wildman–Crippen LogP) is 0.463. The fourth-order valence-electron chi connectivity index (χ4n) is 1.16. The molecule has 1 heterocycles. The molecule has 1 unspecified atom stereocenters. The van der Waals surface area contributed by atoms with Gasteiger partial charge in [-0.3, -0.25) is 0 Å². The largest absolute Gasteiger partial charge is 0.309 e. The van der Waals surface area contributed by atoms with E-state index in [0.29, 0.717) is 6.54 Å². The van der Waals surface area contributed by atoms with Gasteiger partial charge in [0.25, 0.3) is 0 Å². The van der Waals surface area contributed by atoms with E-state index in [-0.39, 0.29) is 11.8 Å². The Kier molecular flexibility index (Phi) is 3.05. The van der Waals surface area contributed by atoms with Gasteiger partial charge in [-0.2, -0.15) is 0 Å². The first kappa shape index (κ1) is 9.48. The second-order valence-corrected chi connectivity index (χ2v) is 4.76. The van der Waals surface area contributed by atoms with Crippen LogP contribution in [0, 0.1) is 0 Å². The molecule has 1 rings (SSSR count). The zero-order valence-electron chi connectivity index (χ0n) is 6.86. The Hall–Kier alpha value is -0.610. The summed E-state index contributed by atoms with van der Waals surface area (Å²) in [7, 11) is -2.94. The molecule has 0 bridgehead atoms. The van der Waals surface area contributed by atoms with Gasteiger partial charge in [0, 0.05) is 18.0 Å². The third-order valence-corrected chi connectivity index (χ3v) is 3.18. The van der Waals surface area contributed by atoms with Crippen molar-refractivity contribution in [1.29, 1.82) is 0 Å². The van der Waals surface area contributed by atoms with Crippen LogP contribution in [0.4, 0.5) is 0 Å². The van der Waals surface area contributed by atoms with Gasteiger partial charge in [-0.25, -0.2) is 8.42 Å². The molecular formula is C8H13NO2S. The van der Waals surface area contributed by atoms with E-state index in [1.807, 2.05) is 0 Å². The molecule has 0 fully saturated rings. The van der Waals surface area contributed by atoms with Gasteiger partial charge in [-0.1, -0.05) is 12.2 Å². The molecule has 0 saturated heterocycles. The Morgan fingerprint density at radius 3 is 3.00 bits per heavy atom.